The lowest BCUT2D eigenvalue weighted by molar-refractivity contribution is -0.130. The van der Waals surface area contributed by atoms with Gasteiger partial charge in [0.15, 0.2) is 0 Å². The van der Waals surface area contributed by atoms with Crippen LogP contribution in [0.25, 0.3) is 0 Å². The summed E-state index contributed by atoms with van der Waals surface area (Å²) in [4.78, 5) is 40.0. The molecule has 0 saturated carbocycles. The largest absolute Gasteiger partial charge is 0.332 e. The zero-order chi connectivity index (χ0) is 19.7. The van der Waals surface area contributed by atoms with Crippen molar-refractivity contribution in [3.8, 4) is 0 Å². The van der Waals surface area contributed by atoms with Gasteiger partial charge in [-0.2, -0.15) is 0 Å². The van der Waals surface area contributed by atoms with Gasteiger partial charge in [-0.25, -0.2) is 4.79 Å². The fourth-order valence-corrected chi connectivity index (χ4v) is 3.24. The summed E-state index contributed by atoms with van der Waals surface area (Å²) in [6, 6.07) is 11.2. The number of urea groups is 1. The summed E-state index contributed by atoms with van der Waals surface area (Å²) in [6.07, 6.45) is 0. The van der Waals surface area contributed by atoms with E-state index in [1.165, 1.54) is 4.90 Å². The Morgan fingerprint density at radius 3 is 2.41 bits per heavy atom. The molecule has 0 radical (unpaired) electrons. The molecule has 1 saturated heterocycles. The lowest BCUT2D eigenvalue weighted by Gasteiger charge is -2.19. The van der Waals surface area contributed by atoms with Crippen molar-refractivity contribution in [2.75, 3.05) is 16.8 Å². The van der Waals surface area contributed by atoms with E-state index in [4.69, 9.17) is 11.6 Å². The van der Waals surface area contributed by atoms with E-state index >= 15 is 0 Å². The number of halogens is 1. The molecule has 0 aromatic heterocycles. The van der Waals surface area contributed by atoms with Gasteiger partial charge in [0.1, 0.15) is 12.6 Å². The normalized spacial score (nSPS) is 16.8. The van der Waals surface area contributed by atoms with E-state index in [1.54, 1.807) is 37.3 Å². The summed E-state index contributed by atoms with van der Waals surface area (Å²) in [5.41, 5.74) is 3.07. The maximum atomic E-state index is 12.7. The van der Waals surface area contributed by atoms with Crippen LogP contribution in [0.3, 0.4) is 0 Å². The molecule has 1 aliphatic rings. The van der Waals surface area contributed by atoms with E-state index in [0.29, 0.717) is 16.4 Å². The highest BCUT2D eigenvalue weighted by molar-refractivity contribution is 6.30. The zero-order valence-electron chi connectivity index (χ0n) is 15.3. The van der Waals surface area contributed by atoms with Crippen LogP contribution in [0.1, 0.15) is 18.1 Å². The molecule has 27 heavy (non-hydrogen) atoms. The maximum Gasteiger partial charge on any atom is 0.332 e. The number of benzene rings is 2. The van der Waals surface area contributed by atoms with Crippen molar-refractivity contribution in [3.63, 3.8) is 0 Å². The topological polar surface area (TPSA) is 69.7 Å². The standard InChI is InChI=1S/C20H20ClN3O3/c1-12-4-7-16(8-5-12)24-14(3)19(26)23(20(24)27)11-18(25)22-17-9-6-15(21)10-13(17)2/h4-10,14H,11H2,1-3H3,(H,22,25)/t14-/m0/s1. The van der Waals surface area contributed by atoms with Gasteiger partial charge >= 0.3 is 6.03 Å². The van der Waals surface area contributed by atoms with Gasteiger partial charge in [-0.15, -0.1) is 0 Å². The highest BCUT2D eigenvalue weighted by Gasteiger charge is 2.44. The molecular weight excluding hydrogens is 366 g/mol. The van der Waals surface area contributed by atoms with Crippen molar-refractivity contribution in [1.29, 1.82) is 0 Å². The molecule has 0 unspecified atom stereocenters. The summed E-state index contributed by atoms with van der Waals surface area (Å²) in [5, 5.41) is 3.29. The Bertz CT molecular complexity index is 911. The molecule has 2 aromatic carbocycles. The fraction of sp³-hybridized carbons (Fsp3) is 0.250. The van der Waals surface area contributed by atoms with E-state index < -0.39 is 23.9 Å². The molecule has 140 valence electrons. The highest BCUT2D eigenvalue weighted by atomic mass is 35.5. The molecule has 6 nitrogen and oxygen atoms in total. The van der Waals surface area contributed by atoms with E-state index in [9.17, 15) is 14.4 Å². The number of anilines is 2. The molecule has 0 bridgehead atoms. The van der Waals surface area contributed by atoms with Gasteiger partial charge < -0.3 is 5.32 Å². The zero-order valence-corrected chi connectivity index (χ0v) is 16.1. The van der Waals surface area contributed by atoms with Gasteiger partial charge in [0.25, 0.3) is 5.91 Å². The molecular formula is C20H20ClN3O3. The number of hydrogen-bond acceptors (Lipinski definition) is 3. The number of hydrogen-bond donors (Lipinski definition) is 1. The van der Waals surface area contributed by atoms with Crippen LogP contribution in [0.5, 0.6) is 0 Å². The van der Waals surface area contributed by atoms with Crippen LogP contribution < -0.4 is 10.2 Å². The maximum absolute atomic E-state index is 12.7. The van der Waals surface area contributed by atoms with Gasteiger partial charge in [-0.1, -0.05) is 29.3 Å². The number of carbonyl (C=O) groups excluding carboxylic acids is 3. The first-order valence-electron chi connectivity index (χ1n) is 8.55. The first kappa shape index (κ1) is 18.9. The van der Waals surface area contributed by atoms with Crippen molar-refractivity contribution in [2.24, 2.45) is 0 Å². The van der Waals surface area contributed by atoms with Crippen molar-refractivity contribution in [1.82, 2.24) is 4.90 Å². The first-order chi connectivity index (χ1) is 12.8. The number of aryl methyl sites for hydroxylation is 2. The second kappa shape index (κ2) is 7.40. The number of rotatable bonds is 4. The molecule has 0 aliphatic carbocycles. The van der Waals surface area contributed by atoms with Crippen molar-refractivity contribution in [3.05, 3.63) is 58.6 Å². The molecule has 1 fully saturated rings. The molecule has 1 atom stereocenters. The predicted octanol–water partition coefficient (Wildman–Crippen LogP) is 3.75. The number of amides is 4. The minimum Gasteiger partial charge on any atom is -0.324 e. The van der Waals surface area contributed by atoms with Crippen molar-refractivity contribution >= 4 is 40.8 Å². The van der Waals surface area contributed by atoms with Gasteiger partial charge in [0.2, 0.25) is 5.91 Å². The molecule has 1 N–H and O–H groups in total. The van der Waals surface area contributed by atoms with E-state index in [1.807, 2.05) is 26.0 Å². The van der Waals surface area contributed by atoms with Gasteiger partial charge in [0.05, 0.1) is 0 Å². The van der Waals surface area contributed by atoms with Crippen LogP contribution in [0.15, 0.2) is 42.5 Å². The lowest BCUT2D eigenvalue weighted by atomic mass is 10.2. The fourth-order valence-electron chi connectivity index (χ4n) is 3.01. The Morgan fingerprint density at radius 2 is 1.78 bits per heavy atom. The smallest absolute Gasteiger partial charge is 0.324 e. The Balaban J connectivity index is 1.74. The predicted molar refractivity (Wildman–Crippen MR) is 105 cm³/mol. The van der Waals surface area contributed by atoms with Crippen LogP contribution in [0, 0.1) is 13.8 Å². The van der Waals surface area contributed by atoms with Gasteiger partial charge in [-0.3, -0.25) is 19.4 Å². The molecule has 2 aromatic rings. The number of nitrogens with zero attached hydrogens (tertiary/aromatic N) is 2. The Labute approximate surface area is 162 Å². The third kappa shape index (κ3) is 3.80. The highest BCUT2D eigenvalue weighted by Crippen LogP contribution is 2.26. The summed E-state index contributed by atoms with van der Waals surface area (Å²) < 4.78 is 0. The van der Waals surface area contributed by atoms with Crippen LogP contribution in [0.2, 0.25) is 5.02 Å². The quantitative estimate of drug-likeness (QED) is 0.815. The molecule has 4 amide bonds. The minimum atomic E-state index is -0.662. The van der Waals surface area contributed by atoms with E-state index in [0.717, 1.165) is 16.0 Å². The monoisotopic (exact) mass is 385 g/mol. The molecule has 1 aliphatic heterocycles. The Morgan fingerprint density at radius 1 is 1.11 bits per heavy atom. The lowest BCUT2D eigenvalue weighted by Crippen LogP contribution is -2.39. The van der Waals surface area contributed by atoms with Crippen LogP contribution in [0.4, 0.5) is 16.2 Å². The molecule has 0 spiro atoms. The number of imide groups is 1. The molecule has 3 rings (SSSR count). The summed E-state index contributed by atoms with van der Waals surface area (Å²) >= 11 is 5.91. The molecule has 7 heteroatoms. The Hall–Kier alpha value is -2.86. The SMILES string of the molecule is Cc1ccc(N2C(=O)N(CC(=O)Nc3ccc(Cl)cc3C)C(=O)[C@@H]2C)cc1. The molecule has 1 heterocycles. The number of carbonyl (C=O) groups is 3. The third-order valence-corrected chi connectivity index (χ3v) is 4.76. The van der Waals surface area contributed by atoms with Crippen LogP contribution >= 0.6 is 11.6 Å². The summed E-state index contributed by atoms with van der Waals surface area (Å²) in [5.74, 6) is -0.844. The van der Waals surface area contributed by atoms with Crippen molar-refractivity contribution < 1.29 is 14.4 Å². The average Bonchev–Trinajstić information content (AvgIpc) is 2.82. The summed E-state index contributed by atoms with van der Waals surface area (Å²) in [7, 11) is 0. The van der Waals surface area contributed by atoms with Crippen LogP contribution in [-0.4, -0.2) is 35.3 Å². The second-order valence-corrected chi connectivity index (χ2v) is 7.03. The van der Waals surface area contributed by atoms with Crippen LogP contribution in [-0.2, 0) is 9.59 Å². The van der Waals surface area contributed by atoms with Crippen molar-refractivity contribution in [2.45, 2.75) is 26.8 Å². The Kier molecular flexibility index (Phi) is 5.19. The van der Waals surface area contributed by atoms with Gasteiger partial charge in [-0.05, 0) is 56.7 Å². The van der Waals surface area contributed by atoms with Gasteiger partial charge in [0, 0.05) is 16.4 Å². The first-order valence-corrected chi connectivity index (χ1v) is 8.93. The number of nitrogens with one attached hydrogen (secondary N) is 1. The van der Waals surface area contributed by atoms with E-state index in [-0.39, 0.29) is 6.54 Å². The average molecular weight is 386 g/mol. The minimum absolute atomic E-state index is 0.341. The second-order valence-electron chi connectivity index (χ2n) is 6.60. The summed E-state index contributed by atoms with van der Waals surface area (Å²) in [6.45, 7) is 5.07. The van der Waals surface area contributed by atoms with E-state index in [2.05, 4.69) is 5.32 Å². The third-order valence-electron chi connectivity index (χ3n) is 4.52.